The van der Waals surface area contributed by atoms with Crippen molar-refractivity contribution in [1.82, 2.24) is 0 Å². The summed E-state index contributed by atoms with van der Waals surface area (Å²) in [6.07, 6.45) is 8.44. The molecule has 0 fully saturated rings. The van der Waals surface area contributed by atoms with Crippen LogP contribution >= 0.6 is 0 Å². The molecule has 2 aliphatic carbocycles. The van der Waals surface area contributed by atoms with Gasteiger partial charge in [0.2, 0.25) is 0 Å². The Kier molecular flexibility index (Phi) is 4.32. The molecule has 4 heteroatoms. The van der Waals surface area contributed by atoms with Crippen LogP contribution in [0, 0.1) is 0 Å². The van der Waals surface area contributed by atoms with Crippen LogP contribution in [-0.2, 0) is 4.74 Å². The predicted octanol–water partition coefficient (Wildman–Crippen LogP) is 2.18. The summed E-state index contributed by atoms with van der Waals surface area (Å²) in [7, 11) is 0. The highest BCUT2D eigenvalue weighted by atomic mass is 16.5. The molecule has 0 amide bonds. The molecule has 3 aromatic carbocycles. The van der Waals surface area contributed by atoms with E-state index < -0.39 is 18.0 Å². The maximum absolute atomic E-state index is 13.2. The first-order valence-corrected chi connectivity index (χ1v) is 10.9. The van der Waals surface area contributed by atoms with Crippen molar-refractivity contribution < 1.29 is 19.1 Å². The van der Waals surface area contributed by atoms with Crippen LogP contribution in [0.25, 0.3) is 23.8 Å². The fraction of sp³-hybridized carbons (Fsp3) is 0.143. The summed E-state index contributed by atoms with van der Waals surface area (Å²) in [6, 6.07) is 18.6. The molecule has 0 saturated heterocycles. The van der Waals surface area contributed by atoms with Gasteiger partial charge in [-0.15, -0.1) is 0 Å². The van der Waals surface area contributed by atoms with Gasteiger partial charge in [-0.3, -0.25) is 0 Å². The molecule has 0 saturated carbocycles. The largest absolute Gasteiger partial charge is 0.453 e. The Balaban J connectivity index is 1.74. The van der Waals surface area contributed by atoms with Crippen molar-refractivity contribution in [3.05, 3.63) is 98.2 Å². The van der Waals surface area contributed by atoms with Gasteiger partial charge in [0.25, 0.3) is 0 Å². The minimum absolute atomic E-state index is 0.209. The van der Waals surface area contributed by atoms with E-state index in [1.165, 1.54) is 0 Å². The molecule has 1 aliphatic heterocycles. The van der Waals surface area contributed by atoms with Crippen LogP contribution in [0.4, 0.5) is 0 Å². The average Bonchev–Trinajstić information content (AvgIpc) is 2.84. The van der Waals surface area contributed by atoms with Gasteiger partial charge in [0.1, 0.15) is 11.9 Å². The lowest BCUT2D eigenvalue weighted by atomic mass is 9.87. The molecule has 1 atom stereocenters. The third-order valence-corrected chi connectivity index (χ3v) is 6.33. The summed E-state index contributed by atoms with van der Waals surface area (Å²) in [5.74, 6) is -0.588. The van der Waals surface area contributed by atoms with Crippen LogP contribution < -0.4 is 25.6 Å². The van der Waals surface area contributed by atoms with Crippen LogP contribution in [0.15, 0.2) is 60.7 Å². The van der Waals surface area contributed by atoms with E-state index in [9.17, 15) is 9.59 Å². The highest BCUT2D eigenvalue weighted by molar-refractivity contribution is 6.04. The number of hydrogen-bond acceptors (Lipinski definition) is 4. The average molecular weight is 420 g/mol. The lowest BCUT2D eigenvalue weighted by Crippen LogP contribution is -2.42. The van der Waals surface area contributed by atoms with E-state index >= 15 is 0 Å². The normalized spacial score (nSPS) is 18.6. The Morgan fingerprint density at radius 3 is 2.34 bits per heavy atom. The van der Waals surface area contributed by atoms with Gasteiger partial charge in [0.15, 0.2) is 0 Å². The van der Waals surface area contributed by atoms with Crippen molar-refractivity contribution >= 4 is 35.7 Å². The van der Waals surface area contributed by atoms with Crippen molar-refractivity contribution in [2.45, 2.75) is 25.4 Å². The van der Waals surface area contributed by atoms with Gasteiger partial charge in [-0.05, 0) is 51.9 Å². The SMILES string of the molecule is O=C1Oc2ccc3c(c2C2=c4ccccc4=CC[C@H]2OC(=O)c2ccccc21)=CCCC=3. The van der Waals surface area contributed by atoms with Crippen molar-refractivity contribution in [3.63, 3.8) is 0 Å². The van der Waals surface area contributed by atoms with Crippen LogP contribution in [0.2, 0.25) is 0 Å². The molecule has 0 aromatic heterocycles. The van der Waals surface area contributed by atoms with Crippen molar-refractivity contribution in [3.8, 4) is 5.75 Å². The first-order valence-electron chi connectivity index (χ1n) is 10.9. The van der Waals surface area contributed by atoms with Crippen LogP contribution in [0.5, 0.6) is 5.75 Å². The van der Waals surface area contributed by atoms with Crippen LogP contribution in [-0.4, -0.2) is 18.0 Å². The lowest BCUT2D eigenvalue weighted by Gasteiger charge is -2.27. The molecule has 0 N–H and O–H groups in total. The summed E-state index contributed by atoms with van der Waals surface area (Å²) in [6.45, 7) is 0. The van der Waals surface area contributed by atoms with Crippen molar-refractivity contribution in [2.24, 2.45) is 0 Å². The van der Waals surface area contributed by atoms with E-state index in [-0.39, 0.29) is 11.1 Å². The van der Waals surface area contributed by atoms with E-state index in [1.807, 2.05) is 30.3 Å². The van der Waals surface area contributed by atoms with E-state index in [1.54, 1.807) is 24.3 Å². The number of ether oxygens (including phenoxy) is 2. The maximum atomic E-state index is 13.2. The molecule has 32 heavy (non-hydrogen) atoms. The smallest absolute Gasteiger partial charge is 0.344 e. The minimum Gasteiger partial charge on any atom is -0.453 e. The van der Waals surface area contributed by atoms with Gasteiger partial charge in [0.05, 0.1) is 11.1 Å². The predicted molar refractivity (Wildman–Crippen MR) is 122 cm³/mol. The fourth-order valence-electron chi connectivity index (χ4n) is 4.88. The Morgan fingerprint density at radius 1 is 0.719 bits per heavy atom. The van der Waals surface area contributed by atoms with Crippen molar-refractivity contribution in [1.29, 1.82) is 0 Å². The monoisotopic (exact) mass is 420 g/mol. The van der Waals surface area contributed by atoms with E-state index in [0.29, 0.717) is 12.2 Å². The molecular weight excluding hydrogens is 400 g/mol. The number of esters is 2. The van der Waals surface area contributed by atoms with Crippen LogP contribution in [0.3, 0.4) is 0 Å². The first-order chi connectivity index (χ1) is 15.7. The molecular formula is C28H20O4. The molecule has 1 heterocycles. The number of fused-ring (bicyclic) bond motifs is 7. The van der Waals surface area contributed by atoms with Crippen molar-refractivity contribution in [2.75, 3.05) is 0 Å². The zero-order chi connectivity index (χ0) is 21.7. The standard InChI is InChI=1S/C28H20O4/c29-27-21-11-5-6-12-22(21)28(30)32-24-16-14-18-8-2-4-10-20(18)26(24)25-19-9-3-1-7-17(19)13-15-23(25)31-27/h1,3,5-14,16,23H,2,4,15H2/t23-/m1/s1. The maximum Gasteiger partial charge on any atom is 0.344 e. The molecule has 6 rings (SSSR count). The molecule has 4 nitrogen and oxygen atoms in total. The molecule has 0 radical (unpaired) electrons. The Bertz CT molecular complexity index is 1540. The topological polar surface area (TPSA) is 52.6 Å². The second-order valence-corrected chi connectivity index (χ2v) is 8.20. The van der Waals surface area contributed by atoms with E-state index in [2.05, 4.69) is 24.3 Å². The van der Waals surface area contributed by atoms with Gasteiger partial charge in [-0.1, -0.05) is 60.7 Å². The van der Waals surface area contributed by atoms with Gasteiger partial charge in [-0.2, -0.15) is 0 Å². The zero-order valence-electron chi connectivity index (χ0n) is 17.3. The summed E-state index contributed by atoms with van der Waals surface area (Å²) >= 11 is 0. The van der Waals surface area contributed by atoms with E-state index in [4.69, 9.17) is 9.47 Å². The van der Waals surface area contributed by atoms with Gasteiger partial charge in [0, 0.05) is 17.6 Å². The first kappa shape index (κ1) is 18.8. The highest BCUT2D eigenvalue weighted by Crippen LogP contribution is 2.30. The zero-order valence-corrected chi connectivity index (χ0v) is 17.3. The second-order valence-electron chi connectivity index (χ2n) is 8.20. The number of rotatable bonds is 0. The van der Waals surface area contributed by atoms with Crippen LogP contribution in [0.1, 0.15) is 45.5 Å². The third kappa shape index (κ3) is 2.91. The van der Waals surface area contributed by atoms with Gasteiger partial charge >= 0.3 is 11.9 Å². The summed E-state index contributed by atoms with van der Waals surface area (Å²) in [5.41, 5.74) is 2.16. The molecule has 3 aromatic rings. The molecule has 0 unspecified atom stereocenters. The summed E-state index contributed by atoms with van der Waals surface area (Å²) in [4.78, 5) is 26.3. The van der Waals surface area contributed by atoms with E-state index in [0.717, 1.165) is 44.9 Å². The molecule has 0 bridgehead atoms. The number of carbonyl (C=O) groups excluding carboxylic acids is 2. The Labute approximate surface area is 184 Å². The molecule has 0 spiro atoms. The Hall–Kier alpha value is -3.92. The minimum atomic E-state index is -0.562. The molecule has 156 valence electrons. The molecule has 3 aliphatic rings. The summed E-state index contributed by atoms with van der Waals surface area (Å²) in [5, 5.41) is 4.22. The lowest BCUT2D eigenvalue weighted by molar-refractivity contribution is 0.0408. The third-order valence-electron chi connectivity index (χ3n) is 6.33. The summed E-state index contributed by atoms with van der Waals surface area (Å²) < 4.78 is 12.0. The van der Waals surface area contributed by atoms with Gasteiger partial charge in [-0.25, -0.2) is 9.59 Å². The Morgan fingerprint density at radius 2 is 1.47 bits per heavy atom. The quantitative estimate of drug-likeness (QED) is 0.413. The highest BCUT2D eigenvalue weighted by Gasteiger charge is 2.31. The number of carbonyl (C=O) groups is 2. The number of hydrogen-bond donors (Lipinski definition) is 0. The second kappa shape index (κ2) is 7.34. The van der Waals surface area contributed by atoms with Gasteiger partial charge < -0.3 is 9.47 Å². The fourth-order valence-corrected chi connectivity index (χ4v) is 4.88. The number of benzene rings is 3.